The smallest absolute Gasteiger partial charge is 0.315 e. The van der Waals surface area contributed by atoms with Gasteiger partial charge >= 0.3 is 6.03 Å². The molecule has 1 unspecified atom stereocenters. The van der Waals surface area contributed by atoms with Crippen LogP contribution in [0.1, 0.15) is 87.0 Å². The quantitative estimate of drug-likeness (QED) is 0.210. The minimum atomic E-state index is -3.64. The van der Waals surface area contributed by atoms with Crippen molar-refractivity contribution in [3.8, 4) is 0 Å². The van der Waals surface area contributed by atoms with Crippen LogP contribution in [-0.2, 0) is 29.4 Å². The standard InChI is InChI=1S/C32H57N7O7S/c1-19(2)22-13-16-39(25(22)29(42)34-23(26(40)28(33)41)17-21-11-9-12-21)30(43)27(32(5,6)7)36-31(44)35-24(20(3)4)18-38-15-10-14-37(8)47(38,45)46/h19-25,27H,9-18H2,1-8H3,(H2,33,41)(H,34,42)(H2,35,36,44)/t22-,23?,24-,25+,27-/m1/s1. The van der Waals surface area contributed by atoms with E-state index in [0.717, 1.165) is 19.3 Å². The topological polar surface area (TPSA) is 191 Å². The van der Waals surface area contributed by atoms with Gasteiger partial charge in [-0.2, -0.15) is 17.0 Å². The van der Waals surface area contributed by atoms with Gasteiger partial charge in [-0.1, -0.05) is 67.7 Å². The Hall–Kier alpha value is -2.78. The molecule has 5 amide bonds. The van der Waals surface area contributed by atoms with E-state index in [-0.39, 0.29) is 36.8 Å². The van der Waals surface area contributed by atoms with E-state index in [4.69, 9.17) is 5.73 Å². The molecule has 2 aliphatic heterocycles. The first-order chi connectivity index (χ1) is 21.7. The first-order valence-corrected chi connectivity index (χ1v) is 18.4. The predicted molar refractivity (Wildman–Crippen MR) is 178 cm³/mol. The van der Waals surface area contributed by atoms with Crippen LogP contribution in [0.25, 0.3) is 0 Å². The predicted octanol–water partition coefficient (Wildman–Crippen LogP) is 1.21. The molecule has 15 heteroatoms. The molecule has 0 aromatic carbocycles. The summed E-state index contributed by atoms with van der Waals surface area (Å²) in [6.07, 6.45) is 4.38. The van der Waals surface area contributed by atoms with Gasteiger partial charge in [-0.3, -0.25) is 19.2 Å². The number of urea groups is 1. The highest BCUT2D eigenvalue weighted by Gasteiger charge is 2.48. The number of primary amides is 1. The van der Waals surface area contributed by atoms with Gasteiger partial charge < -0.3 is 26.6 Å². The van der Waals surface area contributed by atoms with Gasteiger partial charge in [-0.05, 0) is 48.3 Å². The Morgan fingerprint density at radius 2 is 1.53 bits per heavy atom. The van der Waals surface area contributed by atoms with Gasteiger partial charge in [0.2, 0.25) is 17.6 Å². The van der Waals surface area contributed by atoms with Crippen LogP contribution in [0.5, 0.6) is 0 Å². The Labute approximate surface area is 280 Å². The number of nitrogens with two attached hydrogens (primary N) is 1. The Morgan fingerprint density at radius 1 is 0.894 bits per heavy atom. The summed E-state index contributed by atoms with van der Waals surface area (Å²) in [7, 11) is -2.11. The maximum Gasteiger partial charge on any atom is 0.315 e. The van der Waals surface area contributed by atoms with Crippen LogP contribution in [-0.4, -0.2) is 109 Å². The summed E-state index contributed by atoms with van der Waals surface area (Å²) in [5.74, 6) is -2.99. The molecule has 14 nitrogen and oxygen atoms in total. The largest absolute Gasteiger partial charge is 0.363 e. The molecule has 5 atom stereocenters. The van der Waals surface area contributed by atoms with Crippen LogP contribution in [0, 0.1) is 29.1 Å². The maximum absolute atomic E-state index is 14.3. The van der Waals surface area contributed by atoms with Crippen LogP contribution in [0.15, 0.2) is 0 Å². The second-order valence-corrected chi connectivity index (χ2v) is 17.3. The molecule has 268 valence electrons. The van der Waals surface area contributed by atoms with Gasteiger partial charge in [0, 0.05) is 39.3 Å². The van der Waals surface area contributed by atoms with Crippen molar-refractivity contribution in [2.24, 2.45) is 34.8 Å². The second kappa shape index (κ2) is 15.6. The lowest BCUT2D eigenvalue weighted by Crippen LogP contribution is -2.62. The van der Waals surface area contributed by atoms with Crippen molar-refractivity contribution in [1.29, 1.82) is 0 Å². The molecule has 2 heterocycles. The average molecular weight is 684 g/mol. The highest BCUT2D eigenvalue weighted by atomic mass is 32.2. The lowest BCUT2D eigenvalue weighted by molar-refractivity contribution is -0.144. The summed E-state index contributed by atoms with van der Waals surface area (Å²) in [6, 6.07) is -4.15. The molecule has 0 aromatic rings. The number of hydrogen-bond acceptors (Lipinski definition) is 7. The van der Waals surface area contributed by atoms with Crippen molar-refractivity contribution in [3.63, 3.8) is 0 Å². The number of ketones is 1. The second-order valence-electron chi connectivity index (χ2n) is 15.3. The van der Waals surface area contributed by atoms with E-state index in [0.29, 0.717) is 32.4 Å². The number of carbonyl (C=O) groups is 5. The molecule has 0 radical (unpaired) electrons. The third-order valence-electron chi connectivity index (χ3n) is 10.0. The van der Waals surface area contributed by atoms with E-state index in [1.807, 2.05) is 48.5 Å². The zero-order valence-corrected chi connectivity index (χ0v) is 30.2. The molecule has 0 aromatic heterocycles. The minimum absolute atomic E-state index is 0.0294. The average Bonchev–Trinajstić information content (AvgIpc) is 3.39. The molecule has 5 N–H and O–H groups in total. The van der Waals surface area contributed by atoms with Crippen molar-refractivity contribution >= 4 is 39.7 Å². The lowest BCUT2D eigenvalue weighted by Gasteiger charge is -2.38. The van der Waals surface area contributed by atoms with Gasteiger partial charge in [-0.15, -0.1) is 0 Å². The van der Waals surface area contributed by atoms with Crippen molar-refractivity contribution in [1.82, 2.24) is 29.5 Å². The maximum atomic E-state index is 14.3. The van der Waals surface area contributed by atoms with Crippen molar-refractivity contribution in [2.75, 3.05) is 33.2 Å². The van der Waals surface area contributed by atoms with Crippen LogP contribution in [0.2, 0.25) is 0 Å². The van der Waals surface area contributed by atoms with Crippen LogP contribution < -0.4 is 21.7 Å². The molecular formula is C32H57N7O7S. The third kappa shape index (κ3) is 9.44. The van der Waals surface area contributed by atoms with Crippen LogP contribution in [0.3, 0.4) is 0 Å². The number of nitrogens with one attached hydrogen (secondary N) is 3. The molecule has 3 fully saturated rings. The minimum Gasteiger partial charge on any atom is -0.363 e. The van der Waals surface area contributed by atoms with Crippen molar-refractivity contribution in [3.05, 3.63) is 0 Å². The highest BCUT2D eigenvalue weighted by Crippen LogP contribution is 2.34. The van der Waals surface area contributed by atoms with Gasteiger partial charge in [0.1, 0.15) is 12.1 Å². The van der Waals surface area contributed by atoms with Crippen LogP contribution in [0.4, 0.5) is 4.79 Å². The summed E-state index contributed by atoms with van der Waals surface area (Å²) in [4.78, 5) is 67.7. The summed E-state index contributed by atoms with van der Waals surface area (Å²) < 4.78 is 28.4. The molecule has 3 rings (SSSR count). The van der Waals surface area contributed by atoms with E-state index < -0.39 is 69.3 Å². The summed E-state index contributed by atoms with van der Waals surface area (Å²) in [5, 5.41) is 8.51. The van der Waals surface area contributed by atoms with E-state index in [9.17, 15) is 32.4 Å². The van der Waals surface area contributed by atoms with E-state index in [2.05, 4.69) is 16.0 Å². The molecule has 3 aliphatic rings. The molecular weight excluding hydrogens is 626 g/mol. The van der Waals surface area contributed by atoms with Gasteiger partial charge in [0.15, 0.2) is 0 Å². The van der Waals surface area contributed by atoms with E-state index >= 15 is 0 Å². The fraction of sp³-hybridized carbons (Fsp3) is 0.844. The number of likely N-dealkylation sites (tertiary alicyclic amines) is 1. The van der Waals surface area contributed by atoms with Gasteiger partial charge in [-0.25, -0.2) is 4.79 Å². The highest BCUT2D eigenvalue weighted by molar-refractivity contribution is 7.86. The molecule has 1 aliphatic carbocycles. The van der Waals surface area contributed by atoms with Gasteiger partial charge in [0.05, 0.1) is 6.04 Å². The number of amides is 5. The number of hydrogen-bond donors (Lipinski definition) is 4. The summed E-state index contributed by atoms with van der Waals surface area (Å²) in [6.45, 7) is 14.3. The van der Waals surface area contributed by atoms with Crippen LogP contribution >= 0.6 is 0 Å². The third-order valence-corrected chi connectivity index (χ3v) is 12.0. The number of carbonyl (C=O) groups excluding carboxylic acids is 5. The fourth-order valence-electron chi connectivity index (χ4n) is 6.70. The van der Waals surface area contributed by atoms with E-state index in [1.165, 1.54) is 20.6 Å². The first-order valence-electron chi connectivity index (χ1n) is 17.0. The Kier molecular flexibility index (Phi) is 12.9. The first kappa shape index (κ1) is 38.7. The molecule has 2 saturated heterocycles. The number of nitrogens with zero attached hydrogens (tertiary/aromatic N) is 3. The number of Topliss-reactive ketones (excluding diaryl/α,β-unsaturated/α-hetero) is 1. The lowest BCUT2D eigenvalue weighted by atomic mass is 9.80. The molecule has 1 saturated carbocycles. The fourth-order valence-corrected chi connectivity index (χ4v) is 8.16. The van der Waals surface area contributed by atoms with Crippen molar-refractivity contribution in [2.45, 2.75) is 111 Å². The zero-order valence-electron chi connectivity index (χ0n) is 29.4. The molecule has 0 spiro atoms. The Bertz CT molecular complexity index is 1280. The Morgan fingerprint density at radius 3 is 2.04 bits per heavy atom. The normalized spacial score (nSPS) is 24.3. The monoisotopic (exact) mass is 683 g/mol. The molecule has 47 heavy (non-hydrogen) atoms. The van der Waals surface area contributed by atoms with E-state index in [1.54, 1.807) is 0 Å². The zero-order chi connectivity index (χ0) is 35.4. The number of rotatable bonds is 13. The molecule has 0 bridgehead atoms. The van der Waals surface area contributed by atoms with Crippen molar-refractivity contribution < 1.29 is 32.4 Å². The summed E-state index contributed by atoms with van der Waals surface area (Å²) >= 11 is 0. The summed E-state index contributed by atoms with van der Waals surface area (Å²) in [5.41, 5.74) is 4.57. The Balaban J connectivity index is 1.80. The van der Waals surface area contributed by atoms with Gasteiger partial charge in [0.25, 0.3) is 16.1 Å². The SMILES string of the molecule is CC(C)[C@H]1CCN(C(=O)[C@@H](NC(=O)N[C@H](CN2CCCN(C)S2(=O)=O)C(C)C)C(C)(C)C)[C@@H]1C(=O)NC(CC1CCC1)C(=O)C(N)=O.